The van der Waals surface area contributed by atoms with Crippen molar-refractivity contribution in [2.24, 2.45) is 0 Å². The number of pyridine rings is 2. The minimum Gasteiger partial charge on any atom is -1.00 e. The third-order valence-corrected chi connectivity index (χ3v) is 19.0. The van der Waals surface area contributed by atoms with Gasteiger partial charge in [-0.15, -0.1) is 9.13 Å². The van der Waals surface area contributed by atoms with Crippen LogP contribution in [0.1, 0.15) is 36.8 Å². The van der Waals surface area contributed by atoms with Gasteiger partial charge in [-0.05, 0) is 85.6 Å². The highest BCUT2D eigenvalue weighted by Gasteiger charge is 2.28. The third kappa shape index (κ3) is 14.2. The Morgan fingerprint density at radius 2 is 0.887 bits per heavy atom. The van der Waals surface area contributed by atoms with Crippen LogP contribution in [0.15, 0.2) is 200 Å². The Morgan fingerprint density at radius 1 is 0.512 bits per heavy atom. The Balaban J connectivity index is 0.00000387. The van der Waals surface area contributed by atoms with E-state index in [-0.39, 0.29) is 59.8 Å². The van der Waals surface area contributed by atoms with Gasteiger partial charge in [-0.2, -0.15) is 0 Å². The second-order valence-corrected chi connectivity index (χ2v) is 24.1. The van der Waals surface area contributed by atoms with Gasteiger partial charge in [0.1, 0.15) is 0 Å². The standard InChI is InChI=1S/C64H64N8O2S4.2HI/c1-67-55-27-13-15-29-57(55)77-61(67)43-47-45-63(71(49-19-5-3-6-20-49)53-25-11-9-23-51(47)53)75-41-31-59(73)65-33-17-35-69-37-39-70(40-38-69)36-18-34-66-60(74)32-42-76-64-46-48(44-62-68(2)56-28-14-16-30-58(56)78-62)52-24-10-12-26-54(52)72(64)50-21-7-4-8-22-50;;/h3-16,19-30,43-46H,17-18,31-42H2,1-2H3;2*1H. The van der Waals surface area contributed by atoms with Gasteiger partial charge in [-0.25, -0.2) is 0 Å². The number of nitrogens with zero attached hydrogens (tertiary/aromatic N) is 6. The molecule has 11 rings (SSSR count). The molecule has 0 atom stereocenters. The number of hydrogen-bond donors (Lipinski definition) is 2. The summed E-state index contributed by atoms with van der Waals surface area (Å²) in [5.74, 6) is 1.54. The average molecular weight is 1360 g/mol. The molecule has 2 aromatic heterocycles. The molecular weight excluding hydrogens is 1290 g/mol. The van der Waals surface area contributed by atoms with E-state index < -0.39 is 0 Å². The van der Waals surface area contributed by atoms with Crippen molar-refractivity contribution in [1.82, 2.24) is 20.4 Å². The molecule has 0 aliphatic carbocycles. The van der Waals surface area contributed by atoms with Crippen LogP contribution < -0.4 is 77.5 Å². The molecule has 1 fully saturated rings. The molecule has 0 unspecified atom stereocenters. The lowest BCUT2D eigenvalue weighted by molar-refractivity contribution is -0.608. The number of hydrogen-bond acceptors (Lipinski definition) is 10. The summed E-state index contributed by atoms with van der Waals surface area (Å²) >= 11 is 7.07. The fraction of sp³-hybridized carbons (Fsp3) is 0.250. The van der Waals surface area contributed by atoms with E-state index in [2.05, 4.69) is 235 Å². The van der Waals surface area contributed by atoms with Crippen molar-refractivity contribution in [3.05, 3.63) is 191 Å². The minimum absolute atomic E-state index is 0. The number of fused-ring (bicyclic) bond motifs is 4. The lowest BCUT2D eigenvalue weighted by atomic mass is 10.1. The van der Waals surface area contributed by atoms with E-state index in [1.165, 1.54) is 42.0 Å². The van der Waals surface area contributed by atoms with Crippen LogP contribution in [0.4, 0.5) is 11.4 Å². The van der Waals surface area contributed by atoms with Crippen LogP contribution in [-0.2, 0) is 9.59 Å². The minimum atomic E-state index is 0. The molecule has 16 heteroatoms. The number of anilines is 2. The zero-order valence-corrected chi connectivity index (χ0v) is 52.7. The first-order chi connectivity index (χ1) is 38.3. The topological polar surface area (TPSA) is 78.9 Å². The summed E-state index contributed by atoms with van der Waals surface area (Å²) in [7, 11) is 4.28. The lowest BCUT2D eigenvalue weighted by Crippen LogP contribution is -3.00. The van der Waals surface area contributed by atoms with E-state index in [0.717, 1.165) is 95.7 Å². The smallest absolute Gasteiger partial charge is 0.247 e. The fourth-order valence-electron chi connectivity index (χ4n) is 10.5. The summed E-state index contributed by atoms with van der Waals surface area (Å²) in [6.45, 7) is 7.35. The molecule has 6 aromatic carbocycles. The highest BCUT2D eigenvalue weighted by atomic mass is 127. The summed E-state index contributed by atoms with van der Waals surface area (Å²) in [5, 5.41) is 13.4. The average Bonchev–Trinajstić information content (AvgIpc) is 3.98. The molecule has 0 saturated carbocycles. The maximum atomic E-state index is 13.2. The number of rotatable bonds is 20. The Bertz CT molecular complexity index is 3280. The summed E-state index contributed by atoms with van der Waals surface area (Å²) in [4.78, 5) is 38.5. The Morgan fingerprint density at radius 3 is 1.30 bits per heavy atom. The number of benzene rings is 6. The second-order valence-electron chi connectivity index (χ2n) is 19.8. The molecule has 0 spiro atoms. The molecule has 5 heterocycles. The number of nitrogens with one attached hydrogen (secondary N) is 2. The highest BCUT2D eigenvalue weighted by molar-refractivity contribution is 8.04. The van der Waals surface area contributed by atoms with Crippen LogP contribution >= 0.6 is 47.0 Å². The maximum Gasteiger partial charge on any atom is 0.247 e. The summed E-state index contributed by atoms with van der Waals surface area (Å²) in [5.41, 5.74) is 9.25. The molecule has 10 nitrogen and oxygen atoms in total. The van der Waals surface area contributed by atoms with Gasteiger partial charge in [0.25, 0.3) is 0 Å². The number of piperazine rings is 1. The van der Waals surface area contributed by atoms with Crippen LogP contribution in [0.3, 0.4) is 0 Å². The van der Waals surface area contributed by atoms with Crippen molar-refractivity contribution >= 4 is 104 Å². The van der Waals surface area contributed by atoms with Crippen molar-refractivity contribution in [2.75, 3.05) is 87.8 Å². The first-order valence-corrected chi connectivity index (χ1v) is 30.7. The van der Waals surface area contributed by atoms with Crippen molar-refractivity contribution < 1.29 is 66.7 Å². The van der Waals surface area contributed by atoms with Crippen LogP contribution in [0.5, 0.6) is 0 Å². The quantitative estimate of drug-likeness (QED) is 0.0416. The Kier molecular flexibility index (Phi) is 21.4. The number of amides is 2. The van der Waals surface area contributed by atoms with E-state index in [1.54, 1.807) is 47.0 Å². The molecule has 0 bridgehead atoms. The predicted octanol–water partition coefficient (Wildman–Crippen LogP) is 5.93. The van der Waals surface area contributed by atoms with Crippen LogP contribution in [0.25, 0.3) is 45.3 Å². The first-order valence-electron chi connectivity index (χ1n) is 27.1. The SMILES string of the molecule is CN1C(=Cc2cc(SCCC(=O)NCCCN3CCN(CCCNC(=O)CCSc4cc(C=C5Sc6ccccc6N5C)c5ccccc5[n+]4-c4ccccc4)CC3)[n+](-c3ccccc3)c3ccccc23)Sc2ccccc21.[I-].[I-]. The molecule has 2 amide bonds. The molecular formula is C64H66I2N8O2S4. The van der Waals surface area contributed by atoms with Crippen molar-refractivity contribution in [3.8, 4) is 11.4 Å². The molecule has 412 valence electrons. The molecule has 3 aliphatic rings. The number of carbonyl (C=O) groups is 2. The van der Waals surface area contributed by atoms with E-state index >= 15 is 0 Å². The molecule has 1 saturated heterocycles. The Hall–Kier alpha value is -5.06. The first kappa shape index (κ1) is 59.6. The fourth-order valence-corrected chi connectivity index (χ4v) is 14.8. The van der Waals surface area contributed by atoms with Gasteiger partial charge in [0.15, 0.2) is 0 Å². The number of aromatic nitrogens is 2. The molecule has 8 aromatic rings. The number of thioether (sulfide) groups is 4. The summed E-state index contributed by atoms with van der Waals surface area (Å²) in [6.07, 6.45) is 7.35. The summed E-state index contributed by atoms with van der Waals surface area (Å²) in [6, 6.07) is 60.0. The van der Waals surface area contributed by atoms with Gasteiger partial charge in [0, 0.05) is 136 Å². The van der Waals surface area contributed by atoms with E-state index in [0.29, 0.717) is 37.4 Å². The second kappa shape index (κ2) is 28.8. The summed E-state index contributed by atoms with van der Waals surface area (Å²) < 4.78 is 4.66. The molecule has 80 heavy (non-hydrogen) atoms. The van der Waals surface area contributed by atoms with E-state index in [4.69, 9.17) is 0 Å². The van der Waals surface area contributed by atoms with Gasteiger partial charge in [0.2, 0.25) is 44.3 Å². The van der Waals surface area contributed by atoms with Gasteiger partial charge >= 0.3 is 0 Å². The molecule has 3 aliphatic heterocycles. The number of para-hydroxylation sites is 6. The van der Waals surface area contributed by atoms with Crippen molar-refractivity contribution in [1.29, 1.82) is 0 Å². The normalized spacial score (nSPS) is 15.2. The van der Waals surface area contributed by atoms with Crippen LogP contribution in [0.2, 0.25) is 0 Å². The van der Waals surface area contributed by atoms with Gasteiger partial charge in [-0.1, -0.05) is 132 Å². The largest absolute Gasteiger partial charge is 1.00 e. The molecule has 2 N–H and O–H groups in total. The van der Waals surface area contributed by atoms with E-state index in [1.807, 2.05) is 0 Å². The van der Waals surface area contributed by atoms with Gasteiger partial charge in [-0.3, -0.25) is 9.59 Å². The van der Waals surface area contributed by atoms with Crippen LogP contribution in [0, 0.1) is 0 Å². The lowest BCUT2D eigenvalue weighted by Gasteiger charge is -2.34. The van der Waals surface area contributed by atoms with Crippen LogP contribution in [-0.4, -0.2) is 99.6 Å². The monoisotopic (exact) mass is 1360 g/mol. The predicted molar refractivity (Wildman–Crippen MR) is 327 cm³/mol. The van der Waals surface area contributed by atoms with Crippen molar-refractivity contribution in [3.63, 3.8) is 0 Å². The van der Waals surface area contributed by atoms with E-state index in [9.17, 15) is 9.59 Å². The number of carbonyl (C=O) groups excluding carboxylic acids is 2. The van der Waals surface area contributed by atoms with Gasteiger partial charge < -0.3 is 78.2 Å². The number of halogens is 2. The zero-order chi connectivity index (χ0) is 53.2. The van der Waals surface area contributed by atoms with Gasteiger partial charge in [0.05, 0.1) is 32.2 Å². The maximum absolute atomic E-state index is 13.2. The zero-order valence-electron chi connectivity index (χ0n) is 45.1. The highest BCUT2D eigenvalue weighted by Crippen LogP contribution is 2.47. The third-order valence-electron chi connectivity index (χ3n) is 14.6. The Labute approximate surface area is 522 Å². The molecule has 0 radical (unpaired) electrons. The van der Waals surface area contributed by atoms with Crippen molar-refractivity contribution in [2.45, 2.75) is 45.5 Å².